The van der Waals surface area contributed by atoms with Gasteiger partial charge in [-0.05, 0) is 36.7 Å². The van der Waals surface area contributed by atoms with Crippen LogP contribution < -0.4 is 16.0 Å². The number of benzene rings is 1. The Morgan fingerprint density at radius 3 is 2.43 bits per heavy atom. The van der Waals surface area contributed by atoms with Gasteiger partial charge in [-0.1, -0.05) is 51.1 Å². The van der Waals surface area contributed by atoms with Crippen LogP contribution in [0.2, 0.25) is 0 Å². The minimum atomic E-state index is 0. The van der Waals surface area contributed by atoms with Crippen LogP contribution in [0.3, 0.4) is 0 Å². The molecule has 1 aromatic rings. The van der Waals surface area contributed by atoms with Gasteiger partial charge in [0.05, 0.1) is 6.54 Å². The third-order valence-electron chi connectivity index (χ3n) is 5.35. The van der Waals surface area contributed by atoms with Crippen LogP contribution in [-0.2, 0) is 11.2 Å². The molecule has 0 aromatic heterocycles. The van der Waals surface area contributed by atoms with E-state index in [9.17, 15) is 4.79 Å². The third-order valence-corrected chi connectivity index (χ3v) is 5.35. The molecule has 170 valence electrons. The summed E-state index contributed by atoms with van der Waals surface area (Å²) in [6.45, 7) is 10.6. The lowest BCUT2D eigenvalue weighted by atomic mass is 9.86. The molecule has 2 rings (SSSR count). The van der Waals surface area contributed by atoms with E-state index in [4.69, 9.17) is 0 Å². The van der Waals surface area contributed by atoms with Gasteiger partial charge in [-0.2, -0.15) is 0 Å². The monoisotopic (exact) mass is 529 g/mol. The number of piperidine rings is 1. The van der Waals surface area contributed by atoms with Gasteiger partial charge in [0.2, 0.25) is 5.91 Å². The quantitative estimate of drug-likeness (QED) is 0.262. The molecule has 1 aromatic carbocycles. The summed E-state index contributed by atoms with van der Waals surface area (Å²) < 4.78 is 0. The topological polar surface area (TPSA) is 68.8 Å². The summed E-state index contributed by atoms with van der Waals surface area (Å²) >= 11 is 0. The van der Waals surface area contributed by atoms with Crippen LogP contribution >= 0.6 is 24.0 Å². The number of likely N-dealkylation sites (tertiary alicyclic amines) is 1. The van der Waals surface area contributed by atoms with Gasteiger partial charge < -0.3 is 16.0 Å². The van der Waals surface area contributed by atoms with E-state index in [1.165, 1.54) is 5.56 Å². The fourth-order valence-electron chi connectivity index (χ4n) is 3.68. The molecule has 0 spiro atoms. The number of rotatable bonds is 9. The zero-order valence-corrected chi connectivity index (χ0v) is 21.4. The van der Waals surface area contributed by atoms with E-state index in [0.29, 0.717) is 12.6 Å². The molecule has 3 N–H and O–H groups in total. The van der Waals surface area contributed by atoms with Crippen molar-refractivity contribution in [2.75, 3.05) is 39.8 Å². The largest absolute Gasteiger partial charge is 0.356 e. The van der Waals surface area contributed by atoms with Gasteiger partial charge in [0.15, 0.2) is 5.96 Å². The highest BCUT2D eigenvalue weighted by Crippen LogP contribution is 2.20. The molecule has 1 aliphatic rings. The van der Waals surface area contributed by atoms with Gasteiger partial charge >= 0.3 is 0 Å². The average molecular weight is 530 g/mol. The Morgan fingerprint density at radius 1 is 1.17 bits per heavy atom. The van der Waals surface area contributed by atoms with Crippen molar-refractivity contribution < 1.29 is 4.79 Å². The molecule has 1 saturated heterocycles. The summed E-state index contributed by atoms with van der Waals surface area (Å²) in [7, 11) is 1.83. The van der Waals surface area contributed by atoms with Crippen LogP contribution in [0.25, 0.3) is 0 Å². The van der Waals surface area contributed by atoms with E-state index in [-0.39, 0.29) is 35.3 Å². The summed E-state index contributed by atoms with van der Waals surface area (Å²) in [4.78, 5) is 18.5. The second kappa shape index (κ2) is 13.9. The lowest BCUT2D eigenvalue weighted by molar-refractivity contribution is -0.122. The Hall–Kier alpha value is -1.35. The van der Waals surface area contributed by atoms with Crippen molar-refractivity contribution in [3.63, 3.8) is 0 Å². The predicted octanol–water partition coefficient (Wildman–Crippen LogP) is 3.03. The molecule has 0 atom stereocenters. The van der Waals surface area contributed by atoms with E-state index in [1.807, 2.05) is 7.05 Å². The van der Waals surface area contributed by atoms with E-state index < -0.39 is 0 Å². The van der Waals surface area contributed by atoms with Gasteiger partial charge in [0.1, 0.15) is 0 Å². The molecule has 0 unspecified atom stereocenters. The van der Waals surface area contributed by atoms with Gasteiger partial charge in [0, 0.05) is 39.3 Å². The normalized spacial score (nSPS) is 15.9. The van der Waals surface area contributed by atoms with Crippen molar-refractivity contribution in [1.29, 1.82) is 0 Å². The highest BCUT2D eigenvalue weighted by atomic mass is 127. The molecule has 1 aliphatic heterocycles. The second-order valence-corrected chi connectivity index (χ2v) is 8.80. The standard InChI is InChI=1S/C23H39N5O.HI/c1-5-13-25-21(29)17-28-14-11-20(12-15-28)27-22(24-4)26-18-23(2,3)16-19-9-7-6-8-10-19;/h6-10,20H,5,11-18H2,1-4H3,(H,25,29)(H2,24,26,27);1H. The fourth-order valence-corrected chi connectivity index (χ4v) is 3.68. The molecule has 1 amide bonds. The molecule has 0 radical (unpaired) electrons. The predicted molar refractivity (Wildman–Crippen MR) is 137 cm³/mol. The molecule has 0 bridgehead atoms. The number of carbonyl (C=O) groups is 1. The Bertz CT molecular complexity index is 642. The Labute approximate surface area is 199 Å². The molecule has 0 saturated carbocycles. The van der Waals surface area contributed by atoms with Gasteiger partial charge in [-0.3, -0.25) is 14.7 Å². The van der Waals surface area contributed by atoms with Gasteiger partial charge in [0.25, 0.3) is 0 Å². The van der Waals surface area contributed by atoms with Crippen LogP contribution in [0, 0.1) is 5.41 Å². The Morgan fingerprint density at radius 2 is 1.83 bits per heavy atom. The Balaban J connectivity index is 0.00000450. The van der Waals surface area contributed by atoms with Gasteiger partial charge in [-0.15, -0.1) is 24.0 Å². The third kappa shape index (κ3) is 10.1. The van der Waals surface area contributed by atoms with Crippen LogP contribution in [-0.4, -0.2) is 62.6 Å². The number of amides is 1. The van der Waals surface area contributed by atoms with Crippen LogP contribution in [0.4, 0.5) is 0 Å². The number of carbonyl (C=O) groups excluding carboxylic acids is 1. The maximum atomic E-state index is 11.9. The lowest BCUT2D eigenvalue weighted by Crippen LogP contribution is -2.51. The molecule has 1 fully saturated rings. The lowest BCUT2D eigenvalue weighted by Gasteiger charge is -2.33. The number of aliphatic imine (C=N–C) groups is 1. The number of hydrogen-bond acceptors (Lipinski definition) is 3. The van der Waals surface area contributed by atoms with E-state index in [2.05, 4.69) is 76.9 Å². The number of hydrogen-bond donors (Lipinski definition) is 3. The summed E-state index contributed by atoms with van der Waals surface area (Å²) in [5.41, 5.74) is 1.49. The first-order valence-corrected chi connectivity index (χ1v) is 10.9. The molecule has 1 heterocycles. The molecule has 0 aliphatic carbocycles. The highest BCUT2D eigenvalue weighted by Gasteiger charge is 2.23. The first-order chi connectivity index (χ1) is 13.9. The van der Waals surface area contributed by atoms with Crippen molar-refractivity contribution in [2.24, 2.45) is 10.4 Å². The maximum Gasteiger partial charge on any atom is 0.234 e. The first-order valence-electron chi connectivity index (χ1n) is 10.9. The van der Waals surface area contributed by atoms with E-state index in [1.54, 1.807) is 0 Å². The van der Waals surface area contributed by atoms with Crippen molar-refractivity contribution in [1.82, 2.24) is 20.9 Å². The molecular weight excluding hydrogens is 489 g/mol. The number of halogens is 1. The van der Waals surface area contributed by atoms with Crippen LogP contribution in [0.5, 0.6) is 0 Å². The van der Waals surface area contributed by atoms with Crippen molar-refractivity contribution in [3.8, 4) is 0 Å². The van der Waals surface area contributed by atoms with Gasteiger partial charge in [-0.25, -0.2) is 0 Å². The molecule has 7 heteroatoms. The molecule has 30 heavy (non-hydrogen) atoms. The highest BCUT2D eigenvalue weighted by molar-refractivity contribution is 14.0. The first kappa shape index (κ1) is 26.7. The van der Waals surface area contributed by atoms with Crippen molar-refractivity contribution in [2.45, 2.75) is 52.5 Å². The average Bonchev–Trinajstić information content (AvgIpc) is 2.71. The molecule has 6 nitrogen and oxygen atoms in total. The van der Waals surface area contributed by atoms with E-state index in [0.717, 1.165) is 57.8 Å². The van der Waals surface area contributed by atoms with E-state index >= 15 is 0 Å². The minimum absolute atomic E-state index is 0. The molecular formula is C23H40IN5O. The maximum absolute atomic E-state index is 11.9. The Kier molecular flexibility index (Phi) is 12.3. The number of guanidine groups is 1. The van der Waals surface area contributed by atoms with Crippen LogP contribution in [0.15, 0.2) is 35.3 Å². The summed E-state index contributed by atoms with van der Waals surface area (Å²) in [5.74, 6) is 1.00. The summed E-state index contributed by atoms with van der Waals surface area (Å²) in [5, 5.41) is 10.0. The van der Waals surface area contributed by atoms with Crippen LogP contribution in [0.1, 0.15) is 45.6 Å². The fraction of sp³-hybridized carbons (Fsp3) is 0.652. The van der Waals surface area contributed by atoms with Crippen molar-refractivity contribution >= 4 is 35.8 Å². The SMILES string of the molecule is CCCNC(=O)CN1CCC(NC(=NC)NCC(C)(C)Cc2ccccc2)CC1.I. The minimum Gasteiger partial charge on any atom is -0.356 e. The summed E-state index contributed by atoms with van der Waals surface area (Å²) in [6.07, 6.45) is 4.05. The number of nitrogens with one attached hydrogen (secondary N) is 3. The number of nitrogens with zero attached hydrogens (tertiary/aromatic N) is 2. The summed E-state index contributed by atoms with van der Waals surface area (Å²) in [6, 6.07) is 11.0. The zero-order chi connectivity index (χ0) is 21.1. The smallest absolute Gasteiger partial charge is 0.234 e. The van der Waals surface area contributed by atoms with Crippen molar-refractivity contribution in [3.05, 3.63) is 35.9 Å². The zero-order valence-electron chi connectivity index (χ0n) is 19.0. The second-order valence-electron chi connectivity index (χ2n) is 8.80.